The molecule has 2 amide bonds. The zero-order chi connectivity index (χ0) is 25.5. The van der Waals surface area contributed by atoms with Crippen molar-refractivity contribution in [2.75, 3.05) is 25.2 Å². The summed E-state index contributed by atoms with van der Waals surface area (Å²) in [7, 11) is 1.75. The van der Waals surface area contributed by atoms with E-state index >= 15 is 0 Å². The number of aromatic nitrogens is 3. The first-order chi connectivity index (χ1) is 16.5. The molecule has 1 fully saturated rings. The highest BCUT2D eigenvalue weighted by atomic mass is 16.5. The standard InChI is InChI=1S/C27H37N5O3/c1-16-14-35-15-24(33)32(16)18(3)26(34)31(7)20-9-8-19-12-23(28-22(19)13-20)25-21(17(2)29-30-25)10-11-27(4,5)6/h8-9,12-13,16,18,28H,10-11,14-15H2,1-7H3,(H,29,30). The minimum absolute atomic E-state index is 0.0211. The van der Waals surface area contributed by atoms with Gasteiger partial charge in [0.05, 0.1) is 18.3 Å². The van der Waals surface area contributed by atoms with Gasteiger partial charge in [-0.05, 0) is 57.2 Å². The number of aromatic amines is 2. The van der Waals surface area contributed by atoms with Crippen molar-refractivity contribution in [1.82, 2.24) is 20.1 Å². The van der Waals surface area contributed by atoms with E-state index in [1.54, 1.807) is 23.8 Å². The molecule has 2 N–H and O–H groups in total. The number of hydrogen-bond donors (Lipinski definition) is 2. The molecule has 8 nitrogen and oxygen atoms in total. The number of anilines is 1. The fourth-order valence-corrected chi connectivity index (χ4v) is 4.77. The number of hydrogen-bond acceptors (Lipinski definition) is 4. The smallest absolute Gasteiger partial charge is 0.249 e. The molecule has 1 aliphatic rings. The maximum absolute atomic E-state index is 13.3. The summed E-state index contributed by atoms with van der Waals surface area (Å²) in [6.45, 7) is 13.0. The topological polar surface area (TPSA) is 94.3 Å². The minimum atomic E-state index is -0.571. The number of benzene rings is 1. The van der Waals surface area contributed by atoms with Crippen LogP contribution in [0.25, 0.3) is 22.3 Å². The lowest BCUT2D eigenvalue weighted by atomic mass is 9.88. The number of rotatable bonds is 6. The molecule has 0 spiro atoms. The second-order valence-corrected chi connectivity index (χ2v) is 10.9. The average Bonchev–Trinajstić information content (AvgIpc) is 3.38. The van der Waals surface area contributed by atoms with Gasteiger partial charge in [0.15, 0.2) is 0 Å². The molecule has 0 aliphatic carbocycles. The summed E-state index contributed by atoms with van der Waals surface area (Å²) < 4.78 is 5.30. The van der Waals surface area contributed by atoms with Gasteiger partial charge in [0, 0.05) is 34.9 Å². The predicted octanol–water partition coefficient (Wildman–Crippen LogP) is 4.44. The molecular formula is C27H37N5O3. The first kappa shape index (κ1) is 25.0. The number of nitrogens with zero attached hydrogens (tertiary/aromatic N) is 3. The van der Waals surface area contributed by atoms with E-state index in [2.05, 4.69) is 48.9 Å². The lowest BCUT2D eigenvalue weighted by Crippen LogP contribution is -2.57. The van der Waals surface area contributed by atoms with E-state index in [1.165, 1.54) is 5.56 Å². The monoisotopic (exact) mass is 479 g/mol. The molecule has 2 atom stereocenters. The number of amides is 2. The van der Waals surface area contributed by atoms with Crippen LogP contribution < -0.4 is 4.90 Å². The average molecular weight is 480 g/mol. The zero-order valence-corrected chi connectivity index (χ0v) is 21.9. The third-order valence-electron chi connectivity index (χ3n) is 6.90. The Morgan fingerprint density at radius 3 is 2.74 bits per heavy atom. The van der Waals surface area contributed by atoms with Crippen LogP contribution in [-0.4, -0.2) is 64.2 Å². The lowest BCUT2D eigenvalue weighted by molar-refractivity contribution is -0.154. The first-order valence-electron chi connectivity index (χ1n) is 12.3. The second kappa shape index (κ2) is 9.49. The molecular weight excluding hydrogens is 442 g/mol. The first-order valence-corrected chi connectivity index (χ1v) is 12.3. The Bertz CT molecular complexity index is 1240. The number of ether oxygens (including phenoxy) is 1. The Balaban J connectivity index is 1.58. The molecule has 0 bridgehead atoms. The van der Waals surface area contributed by atoms with E-state index in [0.29, 0.717) is 6.61 Å². The Morgan fingerprint density at radius 2 is 2.06 bits per heavy atom. The van der Waals surface area contributed by atoms with Gasteiger partial charge < -0.3 is 19.5 Å². The maximum atomic E-state index is 13.3. The molecule has 1 aliphatic heterocycles. The van der Waals surface area contributed by atoms with Crippen LogP contribution in [0.5, 0.6) is 0 Å². The number of carbonyl (C=O) groups excluding carboxylic acids is 2. The van der Waals surface area contributed by atoms with Gasteiger partial charge in [0.1, 0.15) is 18.3 Å². The van der Waals surface area contributed by atoms with Crippen molar-refractivity contribution >= 4 is 28.4 Å². The van der Waals surface area contributed by atoms with E-state index in [4.69, 9.17) is 4.74 Å². The van der Waals surface area contributed by atoms with E-state index in [9.17, 15) is 9.59 Å². The molecule has 1 saturated heterocycles. The Morgan fingerprint density at radius 1 is 1.31 bits per heavy atom. The lowest BCUT2D eigenvalue weighted by Gasteiger charge is -2.38. The highest BCUT2D eigenvalue weighted by Crippen LogP contribution is 2.32. The highest BCUT2D eigenvalue weighted by Gasteiger charge is 2.34. The van der Waals surface area contributed by atoms with Gasteiger partial charge in [-0.15, -0.1) is 0 Å². The van der Waals surface area contributed by atoms with Crippen LogP contribution >= 0.6 is 0 Å². The molecule has 35 heavy (non-hydrogen) atoms. The summed E-state index contributed by atoms with van der Waals surface area (Å²) >= 11 is 0. The third-order valence-corrected chi connectivity index (χ3v) is 6.90. The third kappa shape index (κ3) is 5.12. The molecule has 0 saturated carbocycles. The molecule has 188 valence electrons. The molecule has 2 unspecified atom stereocenters. The summed E-state index contributed by atoms with van der Waals surface area (Å²) in [5.41, 5.74) is 6.17. The number of carbonyl (C=O) groups is 2. The zero-order valence-electron chi connectivity index (χ0n) is 21.9. The van der Waals surface area contributed by atoms with Gasteiger partial charge in [-0.2, -0.15) is 5.10 Å². The fourth-order valence-electron chi connectivity index (χ4n) is 4.77. The van der Waals surface area contributed by atoms with Crippen molar-refractivity contribution in [3.8, 4) is 11.4 Å². The molecule has 4 rings (SSSR count). The van der Waals surface area contributed by atoms with Gasteiger partial charge in [-0.3, -0.25) is 14.7 Å². The normalized spacial score (nSPS) is 17.7. The maximum Gasteiger partial charge on any atom is 0.249 e. The van der Waals surface area contributed by atoms with Gasteiger partial charge in [-0.25, -0.2) is 0 Å². The number of fused-ring (bicyclic) bond motifs is 1. The van der Waals surface area contributed by atoms with E-state index in [1.807, 2.05) is 25.1 Å². The molecule has 3 aromatic rings. The van der Waals surface area contributed by atoms with Crippen molar-refractivity contribution in [3.05, 3.63) is 35.5 Å². The SMILES string of the molecule is Cc1[nH]nc(-c2cc3ccc(N(C)C(=O)C(C)N4C(=O)COCC4C)cc3[nH]2)c1CCC(C)(C)C. The second-order valence-electron chi connectivity index (χ2n) is 10.9. The quantitative estimate of drug-likeness (QED) is 0.546. The molecule has 0 radical (unpaired) electrons. The van der Waals surface area contributed by atoms with Crippen LogP contribution in [0.2, 0.25) is 0 Å². The number of nitrogens with one attached hydrogen (secondary N) is 2. The van der Waals surface area contributed by atoms with Gasteiger partial charge >= 0.3 is 0 Å². The van der Waals surface area contributed by atoms with Crippen LogP contribution in [-0.2, 0) is 20.7 Å². The fraction of sp³-hybridized carbons (Fsp3) is 0.519. The number of likely N-dealkylation sites (N-methyl/N-ethyl adjacent to an activating group) is 1. The number of morpholine rings is 1. The predicted molar refractivity (Wildman–Crippen MR) is 138 cm³/mol. The Kier molecular flexibility index (Phi) is 6.77. The molecule has 8 heteroatoms. The highest BCUT2D eigenvalue weighted by molar-refractivity contribution is 6.00. The Labute approximate surface area is 207 Å². The van der Waals surface area contributed by atoms with Crippen LogP contribution in [0.1, 0.15) is 52.3 Å². The van der Waals surface area contributed by atoms with E-state index in [-0.39, 0.29) is 29.9 Å². The number of aryl methyl sites for hydroxylation is 1. The van der Waals surface area contributed by atoms with Gasteiger partial charge in [0.2, 0.25) is 11.8 Å². The summed E-state index contributed by atoms with van der Waals surface area (Å²) in [4.78, 5) is 32.4. The number of H-pyrrole nitrogens is 2. The van der Waals surface area contributed by atoms with Crippen LogP contribution in [0, 0.1) is 12.3 Å². The van der Waals surface area contributed by atoms with Crippen LogP contribution in [0.4, 0.5) is 5.69 Å². The van der Waals surface area contributed by atoms with Crippen LogP contribution in [0.3, 0.4) is 0 Å². The summed E-state index contributed by atoms with van der Waals surface area (Å²) in [5.74, 6) is -0.287. The largest absolute Gasteiger partial charge is 0.370 e. The minimum Gasteiger partial charge on any atom is -0.370 e. The van der Waals surface area contributed by atoms with Crippen molar-refractivity contribution in [1.29, 1.82) is 0 Å². The molecule has 1 aromatic carbocycles. The van der Waals surface area contributed by atoms with Crippen molar-refractivity contribution in [2.45, 2.75) is 66.5 Å². The van der Waals surface area contributed by atoms with E-state index < -0.39 is 6.04 Å². The molecule has 3 heterocycles. The van der Waals surface area contributed by atoms with E-state index in [0.717, 1.165) is 46.5 Å². The van der Waals surface area contributed by atoms with Crippen molar-refractivity contribution in [3.63, 3.8) is 0 Å². The van der Waals surface area contributed by atoms with Gasteiger partial charge in [-0.1, -0.05) is 26.8 Å². The summed E-state index contributed by atoms with van der Waals surface area (Å²) in [5, 5.41) is 8.79. The molecule has 2 aromatic heterocycles. The summed E-state index contributed by atoms with van der Waals surface area (Å²) in [6.07, 6.45) is 2.02. The summed E-state index contributed by atoms with van der Waals surface area (Å²) in [6, 6.07) is 7.32. The van der Waals surface area contributed by atoms with Crippen molar-refractivity contribution < 1.29 is 14.3 Å². The van der Waals surface area contributed by atoms with Gasteiger partial charge in [0.25, 0.3) is 0 Å². The van der Waals surface area contributed by atoms with Crippen LogP contribution in [0.15, 0.2) is 24.3 Å². The van der Waals surface area contributed by atoms with Crippen molar-refractivity contribution in [2.24, 2.45) is 5.41 Å². The Hall–Kier alpha value is -3.13.